The predicted molar refractivity (Wildman–Crippen MR) is 140 cm³/mol. The zero-order chi connectivity index (χ0) is 26.7. The number of nitrogens with one attached hydrogen (secondary N) is 1. The van der Waals surface area contributed by atoms with E-state index in [1.165, 1.54) is 7.05 Å². The monoisotopic (exact) mass is 559 g/mol. The molecule has 2 atom stereocenters. The van der Waals surface area contributed by atoms with Gasteiger partial charge in [-0.15, -0.1) is 17.0 Å². The lowest BCUT2D eigenvalue weighted by Gasteiger charge is -2.38. The third-order valence-electron chi connectivity index (χ3n) is 6.20. The van der Waals surface area contributed by atoms with E-state index in [0.29, 0.717) is 29.4 Å². The van der Waals surface area contributed by atoms with E-state index in [1.54, 1.807) is 17.0 Å². The van der Waals surface area contributed by atoms with Crippen LogP contribution in [0.4, 0.5) is 8.78 Å². The minimum Gasteiger partial charge on any atom is -0.489 e. The molecule has 1 fully saturated rings. The largest absolute Gasteiger partial charge is 0.489 e. The van der Waals surface area contributed by atoms with Gasteiger partial charge in [0.25, 0.3) is 5.92 Å². The minimum absolute atomic E-state index is 0.243. The van der Waals surface area contributed by atoms with Crippen molar-refractivity contribution >= 4 is 36.0 Å². The molecule has 6 nitrogen and oxygen atoms in total. The Bertz CT molecular complexity index is 1100. The highest BCUT2D eigenvalue weighted by molar-refractivity contribution is 7.74. The summed E-state index contributed by atoms with van der Waals surface area (Å²) in [5, 5.41) is 19.8. The molecule has 2 N–H and O–H groups in total. The summed E-state index contributed by atoms with van der Waals surface area (Å²) in [4.78, 5) is 1.67. The lowest BCUT2D eigenvalue weighted by Crippen LogP contribution is -2.59. The van der Waals surface area contributed by atoms with Crippen LogP contribution in [-0.2, 0) is 12.0 Å². The van der Waals surface area contributed by atoms with Gasteiger partial charge in [-0.1, -0.05) is 53.9 Å². The zero-order valence-corrected chi connectivity index (χ0v) is 22.8. The molecule has 0 aromatic heterocycles. The van der Waals surface area contributed by atoms with Crippen molar-refractivity contribution in [3.05, 3.63) is 63.7 Å². The van der Waals surface area contributed by atoms with Crippen molar-refractivity contribution in [3.63, 3.8) is 0 Å². The van der Waals surface area contributed by atoms with Gasteiger partial charge >= 0.3 is 0 Å². The SMILES string of the molecule is CC(C)(c1ccc(CN2CC(N[N+](C)(O)S)CC(F)(F)C2)cc1)c1cc(Cl)c(OCCCl)c(C#N)c1. The van der Waals surface area contributed by atoms with Gasteiger partial charge in [0.2, 0.25) is 0 Å². The molecule has 0 saturated carbocycles. The van der Waals surface area contributed by atoms with E-state index >= 15 is 0 Å². The van der Waals surface area contributed by atoms with E-state index in [2.05, 4.69) is 24.3 Å². The maximum absolute atomic E-state index is 14.3. The van der Waals surface area contributed by atoms with Crippen molar-refractivity contribution in [1.29, 1.82) is 5.26 Å². The normalized spacial score (nSPS) is 19.9. The summed E-state index contributed by atoms with van der Waals surface area (Å²) in [6, 6.07) is 12.8. The number of likely N-dealkylation sites (tertiary alicyclic amines) is 1. The van der Waals surface area contributed by atoms with E-state index in [-0.39, 0.29) is 25.5 Å². The Hall–Kier alpha value is -1.64. The highest BCUT2D eigenvalue weighted by atomic mass is 35.5. The summed E-state index contributed by atoms with van der Waals surface area (Å²) < 4.78 is 33.3. The molecule has 3 rings (SSSR count). The maximum Gasteiger partial charge on any atom is 0.262 e. The Morgan fingerprint density at radius 1 is 1.31 bits per heavy atom. The molecular weight excluding hydrogens is 529 g/mol. The Morgan fingerprint density at radius 3 is 2.56 bits per heavy atom. The number of hydrogen-bond donors (Lipinski definition) is 3. The minimum atomic E-state index is -2.88. The van der Waals surface area contributed by atoms with E-state index in [9.17, 15) is 19.2 Å². The Morgan fingerprint density at radius 2 is 1.97 bits per heavy atom. The maximum atomic E-state index is 14.3. The molecule has 2 aromatic carbocycles. The first kappa shape index (κ1) is 28.9. The predicted octanol–water partition coefficient (Wildman–Crippen LogP) is 5.55. The molecule has 0 spiro atoms. The van der Waals surface area contributed by atoms with Gasteiger partial charge in [-0.05, 0) is 28.8 Å². The van der Waals surface area contributed by atoms with Gasteiger partial charge in [0.1, 0.15) is 32.5 Å². The van der Waals surface area contributed by atoms with Crippen molar-refractivity contribution in [1.82, 2.24) is 10.3 Å². The third kappa shape index (κ3) is 7.45. The second-order valence-corrected chi connectivity index (χ2v) is 11.3. The van der Waals surface area contributed by atoms with Crippen LogP contribution < -0.4 is 10.2 Å². The van der Waals surface area contributed by atoms with Gasteiger partial charge in [-0.25, -0.2) is 8.78 Å². The quantitative estimate of drug-likeness (QED) is 0.163. The molecule has 11 heteroatoms. The lowest BCUT2D eigenvalue weighted by molar-refractivity contribution is -1.01. The highest BCUT2D eigenvalue weighted by Gasteiger charge is 2.42. The summed E-state index contributed by atoms with van der Waals surface area (Å²) in [6.45, 7) is 4.63. The van der Waals surface area contributed by atoms with Gasteiger partial charge in [-0.2, -0.15) is 10.5 Å². The molecule has 0 radical (unpaired) electrons. The van der Waals surface area contributed by atoms with Crippen LogP contribution >= 0.6 is 36.0 Å². The van der Waals surface area contributed by atoms with Crippen LogP contribution in [0.1, 0.15) is 42.5 Å². The van der Waals surface area contributed by atoms with Gasteiger partial charge in [0, 0.05) is 24.9 Å². The second-order valence-electron chi connectivity index (χ2n) is 9.77. The van der Waals surface area contributed by atoms with Crippen LogP contribution in [0.25, 0.3) is 0 Å². The Labute approximate surface area is 226 Å². The summed E-state index contributed by atoms with van der Waals surface area (Å²) in [7, 11) is 1.36. The number of ether oxygens (including phenoxy) is 1. The van der Waals surface area contributed by atoms with Crippen molar-refractivity contribution in [3.8, 4) is 11.8 Å². The topological polar surface area (TPSA) is 68.5 Å². The number of piperidine rings is 1. The molecule has 0 aliphatic carbocycles. The van der Waals surface area contributed by atoms with Crippen molar-refractivity contribution in [2.75, 3.05) is 32.6 Å². The molecule has 1 saturated heterocycles. The Balaban J connectivity index is 1.78. The summed E-state index contributed by atoms with van der Waals surface area (Å²) in [5.74, 6) is -2.28. The van der Waals surface area contributed by atoms with E-state index < -0.39 is 21.5 Å². The number of alkyl halides is 3. The number of halogens is 4. The number of quaternary nitrogens is 1. The number of nitriles is 1. The van der Waals surface area contributed by atoms with Gasteiger partial charge in [0.15, 0.2) is 5.75 Å². The zero-order valence-electron chi connectivity index (χ0n) is 20.4. The molecular formula is C25H31Cl2F2N4O2S+. The molecule has 0 bridgehead atoms. The number of hydroxylamine groups is 1. The van der Waals surface area contributed by atoms with Gasteiger partial charge in [0.05, 0.1) is 29.1 Å². The van der Waals surface area contributed by atoms with Crippen molar-refractivity contribution in [2.24, 2.45) is 0 Å². The summed E-state index contributed by atoms with van der Waals surface area (Å²) >= 11 is 16.1. The highest BCUT2D eigenvalue weighted by Crippen LogP contribution is 2.38. The molecule has 0 amide bonds. The van der Waals surface area contributed by atoms with Crippen LogP contribution in [0.15, 0.2) is 36.4 Å². The number of nitrogens with zero attached hydrogens (tertiary/aromatic N) is 3. The molecule has 36 heavy (non-hydrogen) atoms. The first-order valence-electron chi connectivity index (χ1n) is 11.5. The molecule has 1 aliphatic rings. The molecule has 2 unspecified atom stereocenters. The van der Waals surface area contributed by atoms with E-state index in [4.69, 9.17) is 27.9 Å². The molecule has 1 aliphatic heterocycles. The average Bonchev–Trinajstić information content (AvgIpc) is 2.75. The first-order chi connectivity index (χ1) is 16.7. The van der Waals surface area contributed by atoms with E-state index in [0.717, 1.165) is 16.7 Å². The lowest BCUT2D eigenvalue weighted by atomic mass is 9.77. The van der Waals surface area contributed by atoms with Crippen molar-refractivity contribution in [2.45, 2.75) is 44.2 Å². The van der Waals surface area contributed by atoms with Crippen LogP contribution in [0.5, 0.6) is 5.75 Å². The standard InChI is InChI=1S/C25H31Cl2F2N4O2S/c1-24(2,20-10-18(13-30)23(22(27)11-20)35-9-8-26)19-6-4-17(5-7-19)14-32-15-21(31-33(3,34)36)12-25(28,29)16-32/h4-7,10-11,21,31,34,36H,8-9,12,14-16H2,1-3H3/q+1. The number of thiol groups is 1. The Kier molecular flexibility index (Phi) is 9.16. The van der Waals surface area contributed by atoms with Gasteiger partial charge in [-0.3, -0.25) is 4.90 Å². The first-order valence-corrected chi connectivity index (χ1v) is 12.8. The van der Waals surface area contributed by atoms with E-state index in [1.807, 2.05) is 38.1 Å². The van der Waals surface area contributed by atoms with Crippen LogP contribution in [0, 0.1) is 11.3 Å². The average molecular weight is 561 g/mol. The van der Waals surface area contributed by atoms with Gasteiger partial charge < -0.3 is 4.74 Å². The third-order valence-corrected chi connectivity index (χ3v) is 6.75. The fourth-order valence-corrected chi connectivity index (χ4v) is 5.04. The van der Waals surface area contributed by atoms with Crippen LogP contribution in [-0.4, -0.2) is 58.9 Å². The number of rotatable bonds is 9. The van der Waals surface area contributed by atoms with Crippen molar-refractivity contribution < 1.29 is 22.9 Å². The molecule has 2 aromatic rings. The fourth-order valence-electron chi connectivity index (χ4n) is 4.52. The summed E-state index contributed by atoms with van der Waals surface area (Å²) in [5.41, 5.74) is 5.25. The number of hydrogen-bond acceptors (Lipinski definition) is 6. The summed E-state index contributed by atoms with van der Waals surface area (Å²) in [6.07, 6.45) is -0.367. The second kappa shape index (κ2) is 11.4. The molecule has 196 valence electrons. The fraction of sp³-hybridized carbons (Fsp3) is 0.480. The van der Waals surface area contributed by atoms with Crippen LogP contribution in [0.2, 0.25) is 5.02 Å². The smallest absolute Gasteiger partial charge is 0.262 e. The number of benzene rings is 2. The molecule has 1 heterocycles. The van der Waals surface area contributed by atoms with Crippen LogP contribution in [0.3, 0.4) is 0 Å².